The number of aryl methyl sites for hydroxylation is 1. The molecule has 0 unspecified atom stereocenters. The average molecular weight is 233 g/mol. The van der Waals surface area contributed by atoms with Crippen LogP contribution in [0.5, 0.6) is 0 Å². The van der Waals surface area contributed by atoms with Crippen molar-refractivity contribution in [1.82, 2.24) is 4.98 Å². The van der Waals surface area contributed by atoms with Crippen molar-refractivity contribution in [3.8, 4) is 11.1 Å². The highest BCUT2D eigenvalue weighted by molar-refractivity contribution is 5.94. The zero-order chi connectivity index (χ0) is 12.4. The Morgan fingerprint density at radius 2 is 1.61 bits per heavy atom. The van der Waals surface area contributed by atoms with Crippen molar-refractivity contribution in [2.75, 3.05) is 0 Å². The lowest BCUT2D eigenvalue weighted by Crippen LogP contribution is -1.89. The van der Waals surface area contributed by atoms with Crippen molar-refractivity contribution >= 4 is 10.9 Å². The molecule has 0 N–H and O–H groups in total. The number of benzene rings is 2. The van der Waals surface area contributed by atoms with Crippen LogP contribution >= 0.6 is 0 Å². The number of para-hydroxylation sites is 1. The number of rotatable bonds is 2. The lowest BCUT2D eigenvalue weighted by atomic mass is 9.96. The molecule has 1 heterocycles. The molecule has 0 aliphatic rings. The van der Waals surface area contributed by atoms with Gasteiger partial charge in [-0.05, 0) is 23.6 Å². The van der Waals surface area contributed by atoms with Crippen LogP contribution in [0.3, 0.4) is 0 Å². The normalized spacial score (nSPS) is 10.7. The number of aromatic nitrogens is 1. The molecule has 0 saturated heterocycles. The van der Waals surface area contributed by atoms with Crippen LogP contribution in [-0.4, -0.2) is 4.98 Å². The van der Waals surface area contributed by atoms with Gasteiger partial charge in [0.15, 0.2) is 0 Å². The standard InChI is InChI=1S/C17H15N/c1-2-13-7-3-4-10-15(13)16-11-5-8-14-9-6-12-18-17(14)16/h3-12H,2H2,1H3. The van der Waals surface area contributed by atoms with Crippen LogP contribution in [0.15, 0.2) is 60.8 Å². The Bertz CT molecular complexity index is 681. The van der Waals surface area contributed by atoms with Gasteiger partial charge in [-0.2, -0.15) is 0 Å². The summed E-state index contributed by atoms with van der Waals surface area (Å²) in [6, 6.07) is 19.0. The van der Waals surface area contributed by atoms with Gasteiger partial charge in [-0.25, -0.2) is 0 Å². The quantitative estimate of drug-likeness (QED) is 0.636. The van der Waals surface area contributed by atoms with Crippen molar-refractivity contribution in [3.63, 3.8) is 0 Å². The maximum Gasteiger partial charge on any atom is 0.0780 e. The zero-order valence-electron chi connectivity index (χ0n) is 10.4. The maximum absolute atomic E-state index is 4.53. The summed E-state index contributed by atoms with van der Waals surface area (Å²) < 4.78 is 0. The van der Waals surface area contributed by atoms with E-state index >= 15 is 0 Å². The van der Waals surface area contributed by atoms with E-state index in [-0.39, 0.29) is 0 Å². The molecule has 18 heavy (non-hydrogen) atoms. The van der Waals surface area contributed by atoms with E-state index in [4.69, 9.17) is 0 Å². The van der Waals surface area contributed by atoms with Crippen molar-refractivity contribution in [2.24, 2.45) is 0 Å². The van der Waals surface area contributed by atoms with Crippen LogP contribution in [0.25, 0.3) is 22.0 Å². The number of hydrogen-bond donors (Lipinski definition) is 0. The fourth-order valence-corrected chi connectivity index (χ4v) is 2.41. The molecule has 88 valence electrons. The lowest BCUT2D eigenvalue weighted by molar-refractivity contribution is 1.14. The van der Waals surface area contributed by atoms with E-state index in [1.165, 1.54) is 22.1 Å². The van der Waals surface area contributed by atoms with Crippen LogP contribution in [-0.2, 0) is 6.42 Å². The summed E-state index contributed by atoms with van der Waals surface area (Å²) >= 11 is 0. The van der Waals surface area contributed by atoms with E-state index < -0.39 is 0 Å². The Labute approximate surface area is 107 Å². The summed E-state index contributed by atoms with van der Waals surface area (Å²) in [5, 5.41) is 1.20. The fourth-order valence-electron chi connectivity index (χ4n) is 2.41. The molecule has 3 rings (SSSR count). The second-order valence-electron chi connectivity index (χ2n) is 4.39. The molecule has 0 saturated carbocycles. The molecule has 1 heteroatoms. The van der Waals surface area contributed by atoms with Gasteiger partial charge < -0.3 is 0 Å². The van der Waals surface area contributed by atoms with E-state index in [1.807, 2.05) is 12.3 Å². The minimum absolute atomic E-state index is 1.04. The van der Waals surface area contributed by atoms with Gasteiger partial charge in [0.25, 0.3) is 0 Å². The zero-order valence-corrected chi connectivity index (χ0v) is 10.4. The minimum atomic E-state index is 1.04. The van der Waals surface area contributed by atoms with Gasteiger partial charge in [0, 0.05) is 17.1 Å². The third kappa shape index (κ3) is 1.78. The number of fused-ring (bicyclic) bond motifs is 1. The summed E-state index contributed by atoms with van der Waals surface area (Å²) in [5.41, 5.74) is 4.98. The van der Waals surface area contributed by atoms with Crippen molar-refractivity contribution in [1.29, 1.82) is 0 Å². The largest absolute Gasteiger partial charge is 0.256 e. The van der Waals surface area contributed by atoms with Gasteiger partial charge in [-0.15, -0.1) is 0 Å². The Kier molecular flexibility index (Phi) is 2.81. The molecule has 0 aliphatic carbocycles. The van der Waals surface area contributed by atoms with E-state index in [0.29, 0.717) is 0 Å². The number of pyridine rings is 1. The predicted molar refractivity (Wildman–Crippen MR) is 76.6 cm³/mol. The molecule has 0 radical (unpaired) electrons. The first-order chi connectivity index (χ1) is 8.90. The predicted octanol–water partition coefficient (Wildman–Crippen LogP) is 4.46. The molecular weight excluding hydrogens is 218 g/mol. The van der Waals surface area contributed by atoms with Crippen LogP contribution in [0.1, 0.15) is 12.5 Å². The Morgan fingerprint density at radius 1 is 0.833 bits per heavy atom. The lowest BCUT2D eigenvalue weighted by Gasteiger charge is -2.10. The van der Waals surface area contributed by atoms with Crippen molar-refractivity contribution < 1.29 is 0 Å². The second kappa shape index (κ2) is 4.61. The van der Waals surface area contributed by atoms with Gasteiger partial charge in [-0.1, -0.05) is 55.5 Å². The molecule has 0 fully saturated rings. The topological polar surface area (TPSA) is 12.9 Å². The molecule has 1 aromatic heterocycles. The van der Waals surface area contributed by atoms with Crippen LogP contribution in [0.4, 0.5) is 0 Å². The van der Waals surface area contributed by atoms with E-state index in [9.17, 15) is 0 Å². The Balaban J connectivity index is 2.32. The molecule has 0 bridgehead atoms. The van der Waals surface area contributed by atoms with Crippen molar-refractivity contribution in [2.45, 2.75) is 13.3 Å². The highest BCUT2D eigenvalue weighted by Crippen LogP contribution is 2.29. The maximum atomic E-state index is 4.53. The van der Waals surface area contributed by atoms with Gasteiger partial charge in [0.1, 0.15) is 0 Å². The first-order valence-corrected chi connectivity index (χ1v) is 6.32. The third-order valence-corrected chi connectivity index (χ3v) is 3.32. The molecule has 0 atom stereocenters. The fraction of sp³-hybridized carbons (Fsp3) is 0.118. The second-order valence-corrected chi connectivity index (χ2v) is 4.39. The van der Waals surface area contributed by atoms with Crippen LogP contribution < -0.4 is 0 Å². The van der Waals surface area contributed by atoms with Crippen LogP contribution in [0, 0.1) is 0 Å². The average Bonchev–Trinajstić information content (AvgIpc) is 2.46. The summed E-state index contributed by atoms with van der Waals surface area (Å²) in [5.74, 6) is 0. The highest BCUT2D eigenvalue weighted by Gasteiger charge is 2.07. The van der Waals surface area contributed by atoms with Crippen molar-refractivity contribution in [3.05, 3.63) is 66.4 Å². The van der Waals surface area contributed by atoms with Gasteiger partial charge >= 0.3 is 0 Å². The van der Waals surface area contributed by atoms with Crippen LogP contribution in [0.2, 0.25) is 0 Å². The molecule has 0 aliphatic heterocycles. The first kappa shape index (κ1) is 11.0. The van der Waals surface area contributed by atoms with Gasteiger partial charge in [-0.3, -0.25) is 4.98 Å². The van der Waals surface area contributed by atoms with E-state index in [1.54, 1.807) is 0 Å². The molecule has 1 nitrogen and oxygen atoms in total. The van der Waals surface area contributed by atoms with Gasteiger partial charge in [0.05, 0.1) is 5.52 Å². The molecule has 2 aromatic carbocycles. The van der Waals surface area contributed by atoms with Gasteiger partial charge in [0.2, 0.25) is 0 Å². The van der Waals surface area contributed by atoms with E-state index in [2.05, 4.69) is 60.4 Å². The monoisotopic (exact) mass is 233 g/mol. The molecule has 3 aromatic rings. The highest BCUT2D eigenvalue weighted by atomic mass is 14.6. The SMILES string of the molecule is CCc1ccccc1-c1cccc2cccnc12. The smallest absolute Gasteiger partial charge is 0.0780 e. The summed E-state index contributed by atoms with van der Waals surface area (Å²) in [6.45, 7) is 2.19. The Morgan fingerprint density at radius 3 is 2.50 bits per heavy atom. The number of hydrogen-bond acceptors (Lipinski definition) is 1. The van der Waals surface area contributed by atoms with E-state index in [0.717, 1.165) is 11.9 Å². The minimum Gasteiger partial charge on any atom is -0.256 e. The molecule has 0 amide bonds. The third-order valence-electron chi connectivity index (χ3n) is 3.32. The number of nitrogens with zero attached hydrogens (tertiary/aromatic N) is 1. The summed E-state index contributed by atoms with van der Waals surface area (Å²) in [7, 11) is 0. The summed E-state index contributed by atoms with van der Waals surface area (Å²) in [6.07, 6.45) is 2.90. The molecular formula is C17H15N. The first-order valence-electron chi connectivity index (χ1n) is 6.32. The summed E-state index contributed by atoms with van der Waals surface area (Å²) in [4.78, 5) is 4.53. The molecule has 0 spiro atoms. The Hall–Kier alpha value is -2.15.